The molecule has 0 atom stereocenters. The first kappa shape index (κ1) is 14.6. The van der Waals surface area contributed by atoms with Crippen molar-refractivity contribution in [2.45, 2.75) is 0 Å². The van der Waals surface area contributed by atoms with Gasteiger partial charge in [0.1, 0.15) is 11.4 Å². The Morgan fingerprint density at radius 3 is 2.71 bits per heavy atom. The van der Waals surface area contributed by atoms with Crippen LogP contribution in [0.15, 0.2) is 36.5 Å². The number of hydrogen-bond donors (Lipinski definition) is 2. The molecule has 0 unspecified atom stereocenters. The molecule has 1 heterocycles. The number of carbonyl (C=O) groups is 2. The third kappa shape index (κ3) is 3.59. The van der Waals surface area contributed by atoms with Crippen LogP contribution in [-0.2, 0) is 11.8 Å². The number of aromatic nitrogens is 2. The molecule has 0 saturated heterocycles. The lowest BCUT2D eigenvalue weighted by Crippen LogP contribution is -2.33. The average Bonchev–Trinajstić information content (AvgIpc) is 2.91. The van der Waals surface area contributed by atoms with Crippen LogP contribution in [0.4, 0.5) is 5.69 Å². The van der Waals surface area contributed by atoms with E-state index in [1.54, 1.807) is 37.4 Å². The Morgan fingerprint density at radius 1 is 1.29 bits per heavy atom. The number of anilines is 1. The summed E-state index contributed by atoms with van der Waals surface area (Å²) in [6.07, 6.45) is 1.52. The van der Waals surface area contributed by atoms with Gasteiger partial charge in [-0.3, -0.25) is 14.3 Å². The Morgan fingerprint density at radius 2 is 2.05 bits per heavy atom. The normalized spacial score (nSPS) is 10.0. The highest BCUT2D eigenvalue weighted by atomic mass is 16.5. The minimum absolute atomic E-state index is 0.137. The van der Waals surface area contributed by atoms with E-state index in [-0.39, 0.29) is 18.4 Å². The minimum atomic E-state index is -0.356. The van der Waals surface area contributed by atoms with Crippen LogP contribution in [-0.4, -0.2) is 35.2 Å². The van der Waals surface area contributed by atoms with Crippen molar-refractivity contribution in [1.29, 1.82) is 0 Å². The zero-order chi connectivity index (χ0) is 15.2. The summed E-state index contributed by atoms with van der Waals surface area (Å²) in [5.41, 5.74) is 0.944. The Balaban J connectivity index is 1.91. The Labute approximate surface area is 121 Å². The first-order valence-corrected chi connectivity index (χ1v) is 6.31. The van der Waals surface area contributed by atoms with Crippen molar-refractivity contribution < 1.29 is 14.3 Å². The third-order valence-electron chi connectivity index (χ3n) is 2.84. The van der Waals surface area contributed by atoms with Crippen LogP contribution in [0.5, 0.6) is 5.75 Å². The van der Waals surface area contributed by atoms with Crippen LogP contribution in [0, 0.1) is 0 Å². The third-order valence-corrected chi connectivity index (χ3v) is 2.84. The molecule has 0 aliphatic heterocycles. The Kier molecular flexibility index (Phi) is 4.55. The largest absolute Gasteiger partial charge is 0.495 e. The second-order valence-corrected chi connectivity index (χ2v) is 4.27. The fourth-order valence-electron chi connectivity index (χ4n) is 1.79. The van der Waals surface area contributed by atoms with Crippen LogP contribution in [0.1, 0.15) is 10.5 Å². The molecule has 0 aliphatic carbocycles. The van der Waals surface area contributed by atoms with Crippen molar-refractivity contribution in [1.82, 2.24) is 15.1 Å². The fourth-order valence-corrected chi connectivity index (χ4v) is 1.79. The van der Waals surface area contributed by atoms with Crippen molar-refractivity contribution in [2.75, 3.05) is 19.0 Å². The van der Waals surface area contributed by atoms with Gasteiger partial charge in [0.15, 0.2) is 0 Å². The van der Waals surface area contributed by atoms with E-state index in [0.717, 1.165) is 0 Å². The van der Waals surface area contributed by atoms with Gasteiger partial charge >= 0.3 is 0 Å². The topological polar surface area (TPSA) is 85.2 Å². The number of nitrogens with one attached hydrogen (secondary N) is 2. The van der Waals surface area contributed by atoms with Gasteiger partial charge < -0.3 is 15.4 Å². The molecule has 0 fully saturated rings. The van der Waals surface area contributed by atoms with Gasteiger partial charge in [-0.1, -0.05) is 12.1 Å². The zero-order valence-electron chi connectivity index (χ0n) is 11.8. The van der Waals surface area contributed by atoms with Gasteiger partial charge in [0.25, 0.3) is 5.91 Å². The lowest BCUT2D eigenvalue weighted by Gasteiger charge is -2.10. The molecule has 7 heteroatoms. The molecule has 2 amide bonds. The number of carbonyl (C=O) groups excluding carboxylic acids is 2. The van der Waals surface area contributed by atoms with Crippen molar-refractivity contribution in [3.8, 4) is 5.75 Å². The first-order chi connectivity index (χ1) is 10.1. The number of aryl methyl sites for hydroxylation is 1. The van der Waals surface area contributed by atoms with E-state index < -0.39 is 0 Å². The molecule has 0 saturated carbocycles. The predicted molar refractivity (Wildman–Crippen MR) is 77.2 cm³/mol. The Bertz CT molecular complexity index is 651. The van der Waals surface area contributed by atoms with Crippen molar-refractivity contribution >= 4 is 17.5 Å². The van der Waals surface area contributed by atoms with Crippen LogP contribution in [0.25, 0.3) is 0 Å². The van der Waals surface area contributed by atoms with Crippen molar-refractivity contribution in [3.05, 3.63) is 42.2 Å². The maximum Gasteiger partial charge on any atom is 0.269 e. The van der Waals surface area contributed by atoms with Gasteiger partial charge in [0.05, 0.1) is 19.3 Å². The van der Waals surface area contributed by atoms with Gasteiger partial charge in [-0.2, -0.15) is 5.10 Å². The molecule has 21 heavy (non-hydrogen) atoms. The van der Waals surface area contributed by atoms with Crippen LogP contribution in [0.2, 0.25) is 0 Å². The van der Waals surface area contributed by atoms with Gasteiger partial charge in [-0.05, 0) is 18.2 Å². The molecule has 7 nitrogen and oxygen atoms in total. The molecule has 2 rings (SSSR count). The van der Waals surface area contributed by atoms with Gasteiger partial charge in [-0.25, -0.2) is 0 Å². The molecule has 2 N–H and O–H groups in total. The average molecular weight is 288 g/mol. The molecular formula is C14H16N4O3. The lowest BCUT2D eigenvalue weighted by atomic mass is 10.3. The van der Waals surface area contributed by atoms with Crippen LogP contribution in [0.3, 0.4) is 0 Å². The van der Waals surface area contributed by atoms with Gasteiger partial charge in [0, 0.05) is 13.2 Å². The van der Waals surface area contributed by atoms with E-state index in [1.807, 2.05) is 0 Å². The van der Waals surface area contributed by atoms with E-state index in [2.05, 4.69) is 15.7 Å². The van der Waals surface area contributed by atoms with Crippen molar-refractivity contribution in [2.24, 2.45) is 7.05 Å². The summed E-state index contributed by atoms with van der Waals surface area (Å²) in [7, 11) is 3.18. The predicted octanol–water partition coefficient (Wildman–Crippen LogP) is 0.797. The van der Waals surface area contributed by atoms with Crippen molar-refractivity contribution in [3.63, 3.8) is 0 Å². The number of methoxy groups -OCH3 is 1. The van der Waals surface area contributed by atoms with Crippen LogP contribution >= 0.6 is 0 Å². The van der Waals surface area contributed by atoms with E-state index >= 15 is 0 Å². The van der Waals surface area contributed by atoms with E-state index in [0.29, 0.717) is 17.1 Å². The number of benzene rings is 1. The molecule has 1 aromatic carbocycles. The maximum absolute atomic E-state index is 11.8. The number of hydrogen-bond acceptors (Lipinski definition) is 4. The quantitative estimate of drug-likeness (QED) is 0.852. The molecule has 2 aromatic rings. The summed E-state index contributed by atoms with van der Waals surface area (Å²) < 4.78 is 6.57. The van der Waals surface area contributed by atoms with Gasteiger partial charge in [0.2, 0.25) is 5.91 Å². The fraction of sp³-hybridized carbons (Fsp3) is 0.214. The number of rotatable bonds is 5. The van der Waals surface area contributed by atoms with Gasteiger partial charge in [-0.15, -0.1) is 0 Å². The lowest BCUT2D eigenvalue weighted by molar-refractivity contribution is -0.115. The van der Waals surface area contributed by atoms with E-state index in [1.165, 1.54) is 18.0 Å². The molecular weight excluding hydrogens is 272 g/mol. The highest BCUT2D eigenvalue weighted by Gasteiger charge is 2.12. The SMILES string of the molecule is COc1ccccc1NC(=O)CNC(=O)c1ccnn1C. The number of amides is 2. The number of nitrogens with zero attached hydrogens (tertiary/aromatic N) is 2. The van der Waals surface area contributed by atoms with Crippen LogP contribution < -0.4 is 15.4 Å². The standard InChI is InChI=1S/C14H16N4O3/c1-18-11(7-8-16-18)14(20)15-9-13(19)17-10-5-3-4-6-12(10)21-2/h3-8H,9H2,1-2H3,(H,15,20)(H,17,19). The molecule has 110 valence electrons. The highest BCUT2D eigenvalue weighted by Crippen LogP contribution is 2.22. The molecule has 0 aliphatic rings. The summed E-state index contributed by atoms with van der Waals surface area (Å²) in [6.45, 7) is -0.137. The molecule has 1 aromatic heterocycles. The maximum atomic E-state index is 11.8. The summed E-state index contributed by atoms with van der Waals surface area (Å²) in [5, 5.41) is 9.10. The summed E-state index contributed by atoms with van der Waals surface area (Å²) >= 11 is 0. The summed E-state index contributed by atoms with van der Waals surface area (Å²) in [4.78, 5) is 23.7. The number of para-hydroxylation sites is 2. The van der Waals surface area contributed by atoms with E-state index in [4.69, 9.17) is 4.74 Å². The highest BCUT2D eigenvalue weighted by molar-refractivity contribution is 5.99. The smallest absolute Gasteiger partial charge is 0.269 e. The second kappa shape index (κ2) is 6.56. The molecule has 0 radical (unpaired) electrons. The molecule has 0 bridgehead atoms. The zero-order valence-corrected chi connectivity index (χ0v) is 11.8. The second-order valence-electron chi connectivity index (χ2n) is 4.27. The first-order valence-electron chi connectivity index (χ1n) is 6.31. The minimum Gasteiger partial charge on any atom is -0.495 e. The monoisotopic (exact) mass is 288 g/mol. The van der Waals surface area contributed by atoms with E-state index in [9.17, 15) is 9.59 Å². The molecule has 0 spiro atoms. The number of ether oxygens (including phenoxy) is 1. The summed E-state index contributed by atoms with van der Waals surface area (Å²) in [6, 6.07) is 8.63. The Hall–Kier alpha value is -2.83. The summed E-state index contributed by atoms with van der Waals surface area (Å²) in [5.74, 6) is -0.135.